The van der Waals surface area contributed by atoms with Crippen LogP contribution in [-0.2, 0) is 0 Å². The van der Waals surface area contributed by atoms with Crippen molar-refractivity contribution >= 4 is 5.82 Å². The summed E-state index contributed by atoms with van der Waals surface area (Å²) in [6, 6.07) is 4.41. The van der Waals surface area contributed by atoms with Crippen LogP contribution in [-0.4, -0.2) is 70.2 Å². The molecule has 0 aliphatic carbocycles. The van der Waals surface area contributed by atoms with Crippen molar-refractivity contribution in [2.45, 2.75) is 13.0 Å². The van der Waals surface area contributed by atoms with E-state index in [-0.39, 0.29) is 0 Å². The molecule has 1 atom stereocenters. The van der Waals surface area contributed by atoms with Gasteiger partial charge >= 0.3 is 0 Å². The molecule has 2 bridgehead atoms. The van der Waals surface area contributed by atoms with Crippen LogP contribution in [0.2, 0.25) is 0 Å². The van der Waals surface area contributed by atoms with E-state index in [1.54, 1.807) is 6.20 Å². The van der Waals surface area contributed by atoms with Gasteiger partial charge in [0.25, 0.3) is 5.89 Å². The third-order valence-corrected chi connectivity index (χ3v) is 4.45. The fourth-order valence-electron chi connectivity index (χ4n) is 3.22. The van der Waals surface area contributed by atoms with Crippen molar-refractivity contribution in [3.05, 3.63) is 24.2 Å². The van der Waals surface area contributed by atoms with E-state index in [9.17, 15) is 0 Å². The zero-order chi connectivity index (χ0) is 14.9. The van der Waals surface area contributed by atoms with Gasteiger partial charge in [-0.3, -0.25) is 9.80 Å². The van der Waals surface area contributed by atoms with Gasteiger partial charge in [0.15, 0.2) is 5.82 Å². The van der Waals surface area contributed by atoms with Gasteiger partial charge < -0.3 is 9.84 Å². The Morgan fingerprint density at radius 2 is 2.18 bits per heavy atom. The maximum atomic E-state index is 5.21. The first kappa shape index (κ1) is 13.7. The van der Waals surface area contributed by atoms with E-state index in [1.807, 2.05) is 19.1 Å². The van der Waals surface area contributed by atoms with Crippen molar-refractivity contribution in [3.63, 3.8) is 0 Å². The number of fused-ring (bicyclic) bond motifs is 3. The van der Waals surface area contributed by atoms with Crippen LogP contribution in [0.25, 0.3) is 11.5 Å². The van der Waals surface area contributed by atoms with Crippen molar-refractivity contribution < 1.29 is 4.52 Å². The van der Waals surface area contributed by atoms with Crippen LogP contribution < -0.4 is 5.32 Å². The summed E-state index contributed by atoms with van der Waals surface area (Å²) in [7, 11) is 0. The Morgan fingerprint density at radius 1 is 1.32 bits per heavy atom. The number of rotatable bonds is 4. The highest BCUT2D eigenvalue weighted by atomic mass is 16.5. The molecule has 0 spiro atoms. The second-order valence-electron chi connectivity index (χ2n) is 5.95. The summed E-state index contributed by atoms with van der Waals surface area (Å²) in [6.45, 7) is 8.66. The maximum Gasteiger partial charge on any atom is 0.258 e. The highest BCUT2D eigenvalue weighted by Crippen LogP contribution is 2.20. The number of aromatic nitrogens is 3. The van der Waals surface area contributed by atoms with Crippen LogP contribution in [0, 0.1) is 6.92 Å². The molecule has 3 aliphatic heterocycles. The minimum atomic E-state index is 0.537. The monoisotopic (exact) mass is 300 g/mol. The van der Waals surface area contributed by atoms with Gasteiger partial charge in [-0.2, -0.15) is 4.98 Å². The molecular weight excluding hydrogens is 280 g/mol. The van der Waals surface area contributed by atoms with Gasteiger partial charge in [0.05, 0.1) is 0 Å². The first-order chi connectivity index (χ1) is 10.8. The molecule has 2 aromatic rings. The van der Waals surface area contributed by atoms with Crippen LogP contribution in [0.15, 0.2) is 22.9 Å². The van der Waals surface area contributed by atoms with Crippen molar-refractivity contribution in [1.82, 2.24) is 24.9 Å². The topological polar surface area (TPSA) is 70.3 Å². The van der Waals surface area contributed by atoms with Gasteiger partial charge in [0.2, 0.25) is 0 Å². The summed E-state index contributed by atoms with van der Waals surface area (Å²) < 4.78 is 5.21. The standard InChI is InChI=1S/C15H20N6O/c1-11-18-15(22-19-11)12-2-3-16-14(8-12)17-9-13-10-20-4-6-21(13)7-5-20/h2-3,8,13H,4-7,9-10H2,1H3,(H,16,17). The van der Waals surface area contributed by atoms with E-state index in [1.165, 1.54) is 26.2 Å². The van der Waals surface area contributed by atoms with Gasteiger partial charge in [-0.15, -0.1) is 0 Å². The number of piperazine rings is 3. The van der Waals surface area contributed by atoms with E-state index in [0.717, 1.165) is 24.5 Å². The third-order valence-electron chi connectivity index (χ3n) is 4.45. The lowest BCUT2D eigenvalue weighted by molar-refractivity contribution is 0.0189. The minimum absolute atomic E-state index is 0.537. The van der Waals surface area contributed by atoms with E-state index >= 15 is 0 Å². The van der Waals surface area contributed by atoms with Crippen LogP contribution >= 0.6 is 0 Å². The molecule has 1 unspecified atom stereocenters. The molecule has 3 fully saturated rings. The first-order valence-corrected chi connectivity index (χ1v) is 7.75. The summed E-state index contributed by atoms with van der Waals surface area (Å²) in [5, 5.41) is 7.28. The molecule has 2 aromatic heterocycles. The number of nitrogens with zero attached hydrogens (tertiary/aromatic N) is 5. The van der Waals surface area contributed by atoms with Crippen molar-refractivity contribution in [1.29, 1.82) is 0 Å². The number of aryl methyl sites for hydroxylation is 1. The molecule has 0 aromatic carbocycles. The summed E-state index contributed by atoms with van der Waals surface area (Å²) in [5.41, 5.74) is 0.896. The molecule has 116 valence electrons. The third kappa shape index (κ3) is 2.69. The molecule has 3 aliphatic rings. The van der Waals surface area contributed by atoms with Crippen LogP contribution in [0.4, 0.5) is 5.82 Å². The van der Waals surface area contributed by atoms with Gasteiger partial charge in [0.1, 0.15) is 5.82 Å². The predicted molar refractivity (Wildman–Crippen MR) is 82.6 cm³/mol. The second-order valence-corrected chi connectivity index (χ2v) is 5.95. The van der Waals surface area contributed by atoms with Crippen LogP contribution in [0.5, 0.6) is 0 Å². The van der Waals surface area contributed by atoms with Crippen molar-refractivity contribution in [2.24, 2.45) is 0 Å². The fourth-order valence-corrected chi connectivity index (χ4v) is 3.22. The molecule has 0 amide bonds. The largest absolute Gasteiger partial charge is 0.368 e. The Balaban J connectivity index is 1.43. The zero-order valence-corrected chi connectivity index (χ0v) is 12.7. The minimum Gasteiger partial charge on any atom is -0.368 e. The molecule has 5 rings (SSSR count). The summed E-state index contributed by atoms with van der Waals surface area (Å²) in [6.07, 6.45) is 1.77. The molecule has 3 saturated heterocycles. The number of nitrogens with one attached hydrogen (secondary N) is 1. The number of hydrogen-bond acceptors (Lipinski definition) is 7. The Bertz CT molecular complexity index is 649. The molecular formula is C15H20N6O. The van der Waals surface area contributed by atoms with E-state index in [2.05, 4.69) is 30.2 Å². The second kappa shape index (κ2) is 5.66. The fraction of sp³-hybridized carbons (Fsp3) is 0.533. The predicted octanol–water partition coefficient (Wildman–Crippen LogP) is 0.852. The Labute approximate surface area is 129 Å². The molecule has 22 heavy (non-hydrogen) atoms. The van der Waals surface area contributed by atoms with Gasteiger partial charge in [-0.25, -0.2) is 4.98 Å². The molecule has 1 N–H and O–H groups in total. The molecule has 0 radical (unpaired) electrons. The lowest BCUT2D eigenvalue weighted by atomic mass is 10.1. The Kier molecular flexibility index (Phi) is 3.51. The lowest BCUT2D eigenvalue weighted by Crippen LogP contribution is -2.62. The normalized spacial score (nSPS) is 27.0. The van der Waals surface area contributed by atoms with E-state index in [0.29, 0.717) is 17.8 Å². The van der Waals surface area contributed by atoms with Crippen LogP contribution in [0.3, 0.4) is 0 Å². The quantitative estimate of drug-likeness (QED) is 0.897. The highest BCUT2D eigenvalue weighted by Gasteiger charge is 2.31. The summed E-state index contributed by atoms with van der Waals surface area (Å²) in [5.74, 6) is 2.03. The van der Waals surface area contributed by atoms with E-state index in [4.69, 9.17) is 4.52 Å². The smallest absolute Gasteiger partial charge is 0.258 e. The zero-order valence-electron chi connectivity index (χ0n) is 12.7. The van der Waals surface area contributed by atoms with Gasteiger partial charge in [-0.05, 0) is 19.1 Å². The SMILES string of the molecule is Cc1noc(-c2ccnc(NCC3CN4CCN3CC4)c2)n1. The van der Waals surface area contributed by atoms with Crippen LogP contribution in [0.1, 0.15) is 5.82 Å². The highest BCUT2D eigenvalue weighted by molar-refractivity contribution is 5.57. The Hall–Kier alpha value is -1.99. The number of anilines is 1. The number of hydrogen-bond donors (Lipinski definition) is 1. The summed E-state index contributed by atoms with van der Waals surface area (Å²) in [4.78, 5) is 13.7. The molecule has 7 heteroatoms. The van der Waals surface area contributed by atoms with E-state index < -0.39 is 0 Å². The van der Waals surface area contributed by atoms with Gasteiger partial charge in [0, 0.05) is 57.1 Å². The molecule has 5 heterocycles. The average Bonchev–Trinajstić information content (AvgIpc) is 3.01. The molecule has 0 saturated carbocycles. The summed E-state index contributed by atoms with van der Waals surface area (Å²) >= 11 is 0. The first-order valence-electron chi connectivity index (χ1n) is 7.75. The lowest BCUT2D eigenvalue weighted by Gasteiger charge is -2.47. The maximum absolute atomic E-state index is 5.21. The average molecular weight is 300 g/mol. The Morgan fingerprint density at radius 3 is 2.86 bits per heavy atom. The van der Waals surface area contributed by atoms with Crippen molar-refractivity contribution in [3.8, 4) is 11.5 Å². The van der Waals surface area contributed by atoms with Gasteiger partial charge in [-0.1, -0.05) is 5.16 Å². The number of pyridine rings is 1. The van der Waals surface area contributed by atoms with Crippen molar-refractivity contribution in [2.75, 3.05) is 44.6 Å². The molecule has 7 nitrogen and oxygen atoms in total.